The maximum Gasteiger partial charge on any atom is 0.330 e. The molecule has 186 valence electrons. The molecular formula is C27H27N3O6. The average molecular weight is 490 g/mol. The molecule has 0 fully saturated rings. The minimum absolute atomic E-state index is 0.104. The highest BCUT2D eigenvalue weighted by molar-refractivity contribution is 5.95. The Bertz CT molecular complexity index is 1240. The summed E-state index contributed by atoms with van der Waals surface area (Å²) in [6.07, 6.45) is 0. The molecule has 36 heavy (non-hydrogen) atoms. The van der Waals surface area contributed by atoms with E-state index in [9.17, 15) is 9.59 Å². The maximum absolute atomic E-state index is 12.6. The van der Waals surface area contributed by atoms with Crippen molar-refractivity contribution in [3.05, 3.63) is 77.4 Å². The van der Waals surface area contributed by atoms with Crippen molar-refractivity contribution in [2.24, 2.45) is 0 Å². The fraction of sp³-hybridized carbons (Fsp3) is 0.222. The zero-order valence-electron chi connectivity index (χ0n) is 20.3. The molecule has 3 rings (SSSR count). The lowest BCUT2D eigenvalue weighted by Gasteiger charge is -2.20. The number of anilines is 2. The van der Waals surface area contributed by atoms with Crippen LogP contribution >= 0.6 is 0 Å². The molecule has 0 spiro atoms. The summed E-state index contributed by atoms with van der Waals surface area (Å²) >= 11 is 0. The van der Waals surface area contributed by atoms with E-state index >= 15 is 0 Å². The third-order valence-corrected chi connectivity index (χ3v) is 5.11. The van der Waals surface area contributed by atoms with Gasteiger partial charge in [-0.2, -0.15) is 5.26 Å². The van der Waals surface area contributed by atoms with Crippen LogP contribution in [-0.2, 0) is 20.9 Å². The number of ether oxygens (including phenoxy) is 4. The van der Waals surface area contributed by atoms with Gasteiger partial charge in [0.2, 0.25) is 5.91 Å². The van der Waals surface area contributed by atoms with Crippen LogP contribution in [0.3, 0.4) is 0 Å². The molecule has 0 saturated carbocycles. The molecule has 3 aromatic rings. The SMILES string of the molecule is COCC(=O)Nc1c(OC(=O)CNc2ccc(C#N)cc2)cc(OC)c(OCc2ccccc2)c1C. The number of methoxy groups -OCH3 is 2. The Kier molecular flexibility index (Phi) is 9.26. The van der Waals surface area contributed by atoms with Crippen LogP contribution in [0.15, 0.2) is 60.7 Å². The quantitative estimate of drug-likeness (QED) is 0.306. The highest BCUT2D eigenvalue weighted by Gasteiger charge is 2.22. The van der Waals surface area contributed by atoms with Crippen LogP contribution in [0, 0.1) is 18.3 Å². The van der Waals surface area contributed by atoms with Gasteiger partial charge in [0.25, 0.3) is 0 Å². The van der Waals surface area contributed by atoms with E-state index in [1.807, 2.05) is 36.4 Å². The number of nitrogens with one attached hydrogen (secondary N) is 2. The van der Waals surface area contributed by atoms with E-state index in [4.69, 9.17) is 24.2 Å². The maximum atomic E-state index is 12.6. The van der Waals surface area contributed by atoms with Gasteiger partial charge in [0, 0.05) is 24.4 Å². The van der Waals surface area contributed by atoms with Gasteiger partial charge in [-0.15, -0.1) is 0 Å². The molecule has 1 amide bonds. The predicted octanol–water partition coefficient (Wildman–Crippen LogP) is 4.06. The van der Waals surface area contributed by atoms with Crippen molar-refractivity contribution in [1.82, 2.24) is 0 Å². The van der Waals surface area contributed by atoms with Gasteiger partial charge in [-0.25, -0.2) is 4.79 Å². The molecule has 0 aromatic heterocycles. The zero-order valence-corrected chi connectivity index (χ0v) is 20.3. The number of carbonyl (C=O) groups excluding carboxylic acids is 2. The lowest BCUT2D eigenvalue weighted by atomic mass is 10.1. The van der Waals surface area contributed by atoms with E-state index in [1.165, 1.54) is 20.3 Å². The fourth-order valence-corrected chi connectivity index (χ4v) is 3.34. The summed E-state index contributed by atoms with van der Waals surface area (Å²) in [4.78, 5) is 25.0. The van der Waals surface area contributed by atoms with Crippen LogP contribution in [0.5, 0.6) is 17.2 Å². The topological polar surface area (TPSA) is 119 Å². The molecule has 0 saturated heterocycles. The van der Waals surface area contributed by atoms with Gasteiger partial charge in [-0.1, -0.05) is 30.3 Å². The number of hydrogen-bond acceptors (Lipinski definition) is 8. The summed E-state index contributed by atoms with van der Waals surface area (Å²) in [5.74, 6) is -0.165. The molecule has 9 heteroatoms. The van der Waals surface area contributed by atoms with E-state index in [0.717, 1.165) is 5.56 Å². The van der Waals surface area contributed by atoms with Crippen molar-refractivity contribution in [2.45, 2.75) is 13.5 Å². The smallest absolute Gasteiger partial charge is 0.330 e. The Morgan fingerprint density at radius 2 is 1.72 bits per heavy atom. The van der Waals surface area contributed by atoms with E-state index < -0.39 is 11.9 Å². The molecule has 9 nitrogen and oxygen atoms in total. The van der Waals surface area contributed by atoms with Gasteiger partial charge in [0.05, 0.1) is 24.4 Å². The lowest BCUT2D eigenvalue weighted by molar-refractivity contribution is -0.132. The van der Waals surface area contributed by atoms with Crippen LogP contribution in [0.25, 0.3) is 0 Å². The number of hydrogen-bond donors (Lipinski definition) is 2. The van der Waals surface area contributed by atoms with Crippen molar-refractivity contribution in [3.8, 4) is 23.3 Å². The molecule has 0 aliphatic carbocycles. The van der Waals surface area contributed by atoms with Crippen LogP contribution in [0.4, 0.5) is 11.4 Å². The van der Waals surface area contributed by atoms with Crippen LogP contribution < -0.4 is 24.8 Å². The Hall–Kier alpha value is -4.55. The number of carbonyl (C=O) groups is 2. The van der Waals surface area contributed by atoms with Gasteiger partial charge < -0.3 is 29.6 Å². The first-order valence-electron chi connectivity index (χ1n) is 11.1. The molecule has 0 aliphatic heterocycles. The Balaban J connectivity index is 1.83. The molecule has 2 N–H and O–H groups in total. The number of benzene rings is 3. The van der Waals surface area contributed by atoms with Gasteiger partial charge in [0.1, 0.15) is 19.8 Å². The van der Waals surface area contributed by atoms with Crippen molar-refractivity contribution >= 4 is 23.3 Å². The highest BCUT2D eigenvalue weighted by Crippen LogP contribution is 2.43. The molecule has 0 unspecified atom stereocenters. The molecule has 0 atom stereocenters. The number of rotatable bonds is 11. The molecule has 0 heterocycles. The van der Waals surface area contributed by atoms with Gasteiger partial charge >= 0.3 is 5.97 Å². The summed E-state index contributed by atoms with van der Waals surface area (Å²) in [6.45, 7) is 1.68. The normalized spacial score (nSPS) is 10.2. The fourth-order valence-electron chi connectivity index (χ4n) is 3.34. The first kappa shape index (κ1) is 26.1. The third-order valence-electron chi connectivity index (χ3n) is 5.11. The second-order valence-corrected chi connectivity index (χ2v) is 7.68. The van der Waals surface area contributed by atoms with E-state index in [2.05, 4.69) is 10.6 Å². The Labute approximate surface area is 209 Å². The van der Waals surface area contributed by atoms with E-state index in [0.29, 0.717) is 28.3 Å². The number of amides is 1. The summed E-state index contributed by atoms with van der Waals surface area (Å²) in [6, 6.07) is 19.8. The average Bonchev–Trinajstić information content (AvgIpc) is 2.89. The second kappa shape index (κ2) is 12.8. The lowest BCUT2D eigenvalue weighted by Crippen LogP contribution is -2.22. The predicted molar refractivity (Wildman–Crippen MR) is 134 cm³/mol. The van der Waals surface area contributed by atoms with Crippen molar-refractivity contribution in [2.75, 3.05) is 38.0 Å². The zero-order chi connectivity index (χ0) is 25.9. The molecule has 0 aliphatic rings. The molecule has 0 bridgehead atoms. The standard InChI is InChI=1S/C27H27N3O6/c1-18-26(30-24(31)17-33-2)22(36-25(32)15-29-21-11-9-19(14-28)10-12-21)13-23(34-3)27(18)35-16-20-7-5-4-6-8-20/h4-13,29H,15-17H2,1-3H3,(H,30,31). The molecule has 3 aromatic carbocycles. The van der Waals surface area contributed by atoms with Crippen LogP contribution in [0.2, 0.25) is 0 Å². The highest BCUT2D eigenvalue weighted by atomic mass is 16.5. The summed E-state index contributed by atoms with van der Waals surface area (Å²) in [5.41, 5.74) is 2.91. The van der Waals surface area contributed by atoms with Gasteiger partial charge in [-0.05, 0) is 36.8 Å². The van der Waals surface area contributed by atoms with E-state index in [1.54, 1.807) is 31.2 Å². The number of nitrogens with zero attached hydrogens (tertiary/aromatic N) is 1. The van der Waals surface area contributed by atoms with E-state index in [-0.39, 0.29) is 31.2 Å². The first-order chi connectivity index (χ1) is 17.4. The molecular weight excluding hydrogens is 462 g/mol. The third kappa shape index (κ3) is 6.98. The van der Waals surface area contributed by atoms with Gasteiger partial charge in [0.15, 0.2) is 17.2 Å². The van der Waals surface area contributed by atoms with Crippen molar-refractivity contribution in [1.29, 1.82) is 5.26 Å². The minimum atomic E-state index is -0.596. The monoisotopic (exact) mass is 489 g/mol. The number of esters is 1. The van der Waals surface area contributed by atoms with Gasteiger partial charge in [-0.3, -0.25) is 4.79 Å². The summed E-state index contributed by atoms with van der Waals surface area (Å²) in [7, 11) is 2.88. The molecule has 0 radical (unpaired) electrons. The first-order valence-corrected chi connectivity index (χ1v) is 11.1. The van der Waals surface area contributed by atoms with Crippen LogP contribution in [0.1, 0.15) is 16.7 Å². The summed E-state index contributed by atoms with van der Waals surface area (Å²) in [5, 5.41) is 14.6. The Morgan fingerprint density at radius 1 is 1.00 bits per heavy atom. The van der Waals surface area contributed by atoms with Crippen LogP contribution in [-0.4, -0.2) is 39.2 Å². The second-order valence-electron chi connectivity index (χ2n) is 7.68. The number of nitriles is 1. The minimum Gasteiger partial charge on any atom is -0.493 e. The Morgan fingerprint density at radius 3 is 2.36 bits per heavy atom. The largest absolute Gasteiger partial charge is 0.493 e. The van der Waals surface area contributed by atoms with Crippen molar-refractivity contribution < 1.29 is 28.5 Å². The summed E-state index contributed by atoms with van der Waals surface area (Å²) < 4.78 is 22.0. The van der Waals surface area contributed by atoms with Crippen molar-refractivity contribution in [3.63, 3.8) is 0 Å².